The van der Waals surface area contributed by atoms with E-state index in [9.17, 15) is 0 Å². The van der Waals surface area contributed by atoms with Gasteiger partial charge in [0.25, 0.3) is 8.32 Å². The smallest absolute Gasteiger partial charge is 0.261 e. The van der Waals surface area contributed by atoms with Crippen LogP contribution < -0.4 is 10.4 Å². The topological polar surface area (TPSA) is 46.2 Å². The molecular weight excluding hydrogens is 537 g/mol. The maximum absolute atomic E-state index is 7.27. The fraction of sp³-hybridized carbons (Fsp3) is 0.455. The van der Waals surface area contributed by atoms with Crippen LogP contribution in [0.5, 0.6) is 0 Å². The lowest BCUT2D eigenvalue weighted by Crippen LogP contribution is -2.68. The molecule has 2 aliphatic rings. The molecule has 3 aromatic carbocycles. The predicted octanol–water partition coefficient (Wildman–Crippen LogP) is 5.76. The highest BCUT2D eigenvalue weighted by molar-refractivity contribution is 7.99. The molecule has 0 amide bonds. The van der Waals surface area contributed by atoms with Gasteiger partial charge in [0, 0.05) is 0 Å². The van der Waals surface area contributed by atoms with E-state index in [0.717, 1.165) is 5.56 Å². The second-order valence-corrected chi connectivity index (χ2v) is 17.3. The molecule has 0 spiro atoms. The van der Waals surface area contributed by atoms with Crippen molar-refractivity contribution in [2.75, 3.05) is 12.9 Å². The fourth-order valence-corrected chi connectivity index (χ4v) is 11.4. The Morgan fingerprint density at radius 2 is 1.32 bits per heavy atom. The van der Waals surface area contributed by atoms with Gasteiger partial charge >= 0.3 is 0 Å². The number of hydrogen-bond acceptors (Lipinski definition) is 6. The number of fused-ring (bicyclic) bond motifs is 1. The Kier molecular flexibility index (Phi) is 8.93. The van der Waals surface area contributed by atoms with E-state index >= 15 is 0 Å². The molecule has 5 unspecified atom stereocenters. The van der Waals surface area contributed by atoms with E-state index in [1.54, 1.807) is 11.8 Å². The molecule has 0 radical (unpaired) electrons. The monoisotopic (exact) mass is 578 g/mol. The standard InChI is InChI=1S/C33H42O5SSi/c1-32(2,3)40(25-18-12-8-13-19-25,26-20-14-9-15-21-26)35-23-27-28-29(38-33(4,5)37-28)30(31(36-27)39-6)34-22-24-16-10-7-11-17-24/h7-21,27-31H,22-23H2,1-6H3. The van der Waals surface area contributed by atoms with E-state index < -0.39 is 14.1 Å². The lowest BCUT2D eigenvalue weighted by atomic mass is 10.00. The molecule has 3 aromatic rings. The van der Waals surface area contributed by atoms with Crippen LogP contribution in [-0.2, 0) is 30.0 Å². The van der Waals surface area contributed by atoms with Crippen molar-refractivity contribution in [3.63, 3.8) is 0 Å². The molecule has 0 N–H and O–H groups in total. The van der Waals surface area contributed by atoms with E-state index in [1.165, 1.54) is 10.4 Å². The molecule has 0 aliphatic carbocycles. The molecule has 5 nitrogen and oxygen atoms in total. The zero-order valence-corrected chi connectivity index (χ0v) is 26.2. The van der Waals surface area contributed by atoms with Crippen LogP contribution in [-0.4, -0.2) is 56.8 Å². The summed E-state index contributed by atoms with van der Waals surface area (Å²) in [5.41, 5.74) is 0.907. The Morgan fingerprint density at radius 3 is 1.85 bits per heavy atom. The molecule has 2 saturated heterocycles. The van der Waals surface area contributed by atoms with E-state index in [-0.39, 0.29) is 34.9 Å². The van der Waals surface area contributed by atoms with E-state index in [2.05, 4.69) is 99.8 Å². The maximum Gasteiger partial charge on any atom is 0.261 e. The van der Waals surface area contributed by atoms with Gasteiger partial charge in [0.1, 0.15) is 29.9 Å². The van der Waals surface area contributed by atoms with Crippen molar-refractivity contribution in [3.05, 3.63) is 96.6 Å². The average Bonchev–Trinajstić information content (AvgIpc) is 3.28. The molecule has 2 heterocycles. The normalized spacial score (nSPS) is 26.4. The van der Waals surface area contributed by atoms with Gasteiger partial charge in [-0.3, -0.25) is 0 Å². The van der Waals surface area contributed by atoms with Crippen LogP contribution in [0.15, 0.2) is 91.0 Å². The Balaban J connectivity index is 1.45. The van der Waals surface area contributed by atoms with Gasteiger partial charge in [0.05, 0.1) is 13.2 Å². The highest BCUT2D eigenvalue weighted by Gasteiger charge is 2.57. The van der Waals surface area contributed by atoms with Crippen LogP contribution in [0.4, 0.5) is 0 Å². The summed E-state index contributed by atoms with van der Waals surface area (Å²) in [6, 6.07) is 31.6. The quantitative estimate of drug-likeness (QED) is 0.301. The van der Waals surface area contributed by atoms with Gasteiger partial charge in [-0.2, -0.15) is 0 Å². The molecule has 214 valence electrons. The van der Waals surface area contributed by atoms with Crippen LogP contribution in [0.3, 0.4) is 0 Å². The molecule has 5 rings (SSSR count). The Labute approximate surface area is 244 Å². The van der Waals surface area contributed by atoms with Crippen molar-refractivity contribution < 1.29 is 23.4 Å². The minimum atomic E-state index is -2.74. The molecule has 5 atom stereocenters. The Bertz CT molecular complexity index is 1180. The third kappa shape index (κ3) is 5.97. The minimum Gasteiger partial charge on any atom is -0.405 e. The van der Waals surface area contributed by atoms with Crippen molar-refractivity contribution in [2.45, 2.75) is 81.9 Å². The first-order chi connectivity index (χ1) is 19.1. The van der Waals surface area contributed by atoms with Gasteiger partial charge in [-0.05, 0) is 41.1 Å². The first-order valence-corrected chi connectivity index (χ1v) is 17.3. The molecule has 7 heteroatoms. The summed E-state index contributed by atoms with van der Waals surface area (Å²) >= 11 is 1.65. The molecule has 0 saturated carbocycles. The fourth-order valence-electron chi connectivity index (χ4n) is 6.07. The number of rotatable bonds is 9. The first-order valence-electron chi connectivity index (χ1n) is 14.1. The van der Waals surface area contributed by atoms with E-state index in [4.69, 9.17) is 23.4 Å². The number of hydrogen-bond donors (Lipinski definition) is 0. The van der Waals surface area contributed by atoms with E-state index in [1.807, 2.05) is 32.0 Å². The Hall–Kier alpha value is -1.97. The Morgan fingerprint density at radius 1 is 0.800 bits per heavy atom. The largest absolute Gasteiger partial charge is 0.405 e. The van der Waals surface area contributed by atoms with Crippen molar-refractivity contribution >= 4 is 30.5 Å². The maximum atomic E-state index is 7.27. The third-order valence-electron chi connectivity index (χ3n) is 7.83. The van der Waals surface area contributed by atoms with Gasteiger partial charge in [0.2, 0.25) is 0 Å². The lowest BCUT2D eigenvalue weighted by Gasteiger charge is -2.46. The SMILES string of the molecule is CSC1OC(CO[Si](c2ccccc2)(c2ccccc2)C(C)(C)C)C2OC(C)(C)OC2C1OCc1ccccc1. The van der Waals surface area contributed by atoms with Gasteiger partial charge in [-0.25, -0.2) is 0 Å². The van der Waals surface area contributed by atoms with Crippen LogP contribution in [0.1, 0.15) is 40.2 Å². The molecule has 2 fully saturated rings. The number of thioether (sulfide) groups is 1. The highest BCUT2D eigenvalue weighted by atomic mass is 32.2. The summed E-state index contributed by atoms with van der Waals surface area (Å²) in [5.74, 6) is -0.740. The molecule has 2 aliphatic heterocycles. The van der Waals surface area contributed by atoms with Gasteiger partial charge in [0.15, 0.2) is 5.79 Å². The van der Waals surface area contributed by atoms with Crippen LogP contribution in [0, 0.1) is 0 Å². The summed E-state index contributed by atoms with van der Waals surface area (Å²) in [5, 5.41) is 2.36. The van der Waals surface area contributed by atoms with Crippen molar-refractivity contribution in [1.29, 1.82) is 0 Å². The van der Waals surface area contributed by atoms with Gasteiger partial charge in [-0.15, -0.1) is 11.8 Å². The van der Waals surface area contributed by atoms with Crippen molar-refractivity contribution in [1.82, 2.24) is 0 Å². The highest BCUT2D eigenvalue weighted by Crippen LogP contribution is 2.43. The second kappa shape index (κ2) is 12.1. The van der Waals surface area contributed by atoms with Crippen molar-refractivity contribution in [2.24, 2.45) is 0 Å². The number of benzene rings is 3. The summed E-state index contributed by atoms with van der Waals surface area (Å²) in [7, 11) is -2.74. The third-order valence-corrected chi connectivity index (χ3v) is 13.7. The molecule has 0 aromatic heterocycles. The van der Waals surface area contributed by atoms with Gasteiger partial charge < -0.3 is 23.4 Å². The zero-order valence-electron chi connectivity index (χ0n) is 24.4. The number of ether oxygens (including phenoxy) is 4. The summed E-state index contributed by atoms with van der Waals surface area (Å²) in [6.45, 7) is 11.7. The molecule has 40 heavy (non-hydrogen) atoms. The van der Waals surface area contributed by atoms with Crippen LogP contribution >= 0.6 is 11.8 Å². The van der Waals surface area contributed by atoms with Crippen LogP contribution in [0.2, 0.25) is 5.04 Å². The van der Waals surface area contributed by atoms with Crippen LogP contribution in [0.25, 0.3) is 0 Å². The summed E-state index contributed by atoms with van der Waals surface area (Å²) in [4.78, 5) is 0. The molecule has 0 bridgehead atoms. The zero-order chi connectivity index (χ0) is 28.4. The average molecular weight is 579 g/mol. The van der Waals surface area contributed by atoms with Gasteiger partial charge in [-0.1, -0.05) is 112 Å². The minimum absolute atomic E-state index is 0.129. The van der Waals surface area contributed by atoms with E-state index in [0.29, 0.717) is 13.2 Å². The second-order valence-electron chi connectivity index (χ2n) is 12.1. The lowest BCUT2D eigenvalue weighted by molar-refractivity contribution is -0.185. The predicted molar refractivity (Wildman–Crippen MR) is 165 cm³/mol. The first kappa shape index (κ1) is 29.5. The van der Waals surface area contributed by atoms with Crippen molar-refractivity contribution in [3.8, 4) is 0 Å². The summed E-state index contributed by atoms with van der Waals surface area (Å²) < 4.78 is 33.5. The summed E-state index contributed by atoms with van der Waals surface area (Å²) in [6.07, 6.45) is 0.911. The molecular formula is C33H42O5SSi.